The van der Waals surface area contributed by atoms with E-state index in [2.05, 4.69) is 16.6 Å². The van der Waals surface area contributed by atoms with Gasteiger partial charge in [0.05, 0.1) is 5.56 Å². The Bertz CT molecular complexity index is 458. The third kappa shape index (κ3) is 2.96. The molecule has 1 aromatic heterocycles. The van der Waals surface area contributed by atoms with Gasteiger partial charge in [0, 0.05) is 17.0 Å². The number of thioether (sulfide) groups is 1. The number of aromatic nitrogens is 1. The summed E-state index contributed by atoms with van der Waals surface area (Å²) in [7, 11) is 0. The molecule has 98 valence electrons. The molecule has 0 bridgehead atoms. The van der Waals surface area contributed by atoms with E-state index in [1.165, 1.54) is 12.8 Å². The van der Waals surface area contributed by atoms with Crippen LogP contribution < -0.4 is 5.32 Å². The lowest BCUT2D eigenvalue weighted by Crippen LogP contribution is -2.18. The first-order chi connectivity index (χ1) is 8.58. The van der Waals surface area contributed by atoms with Crippen LogP contribution in [0.4, 0.5) is 5.82 Å². The molecule has 5 heteroatoms. The summed E-state index contributed by atoms with van der Waals surface area (Å²) in [4.78, 5) is 15.4. The molecule has 1 heterocycles. The highest BCUT2D eigenvalue weighted by Crippen LogP contribution is 2.46. The number of anilines is 1. The number of carbonyl (C=O) groups is 1. The average Bonchev–Trinajstić information content (AvgIpc) is 3.16. The second kappa shape index (κ2) is 5.18. The van der Waals surface area contributed by atoms with Crippen molar-refractivity contribution in [1.29, 1.82) is 0 Å². The lowest BCUT2D eigenvalue weighted by molar-refractivity contribution is 0.0696. The molecule has 4 nitrogen and oxygen atoms in total. The topological polar surface area (TPSA) is 62.2 Å². The molecule has 1 saturated carbocycles. The van der Waals surface area contributed by atoms with Crippen LogP contribution in [-0.4, -0.2) is 33.6 Å². The summed E-state index contributed by atoms with van der Waals surface area (Å²) in [5, 5.41) is 12.3. The van der Waals surface area contributed by atoms with Gasteiger partial charge in [-0.3, -0.25) is 0 Å². The largest absolute Gasteiger partial charge is 0.478 e. The molecule has 0 aliphatic heterocycles. The smallest absolute Gasteiger partial charge is 0.335 e. The van der Waals surface area contributed by atoms with Crippen molar-refractivity contribution in [3.05, 3.63) is 23.4 Å². The summed E-state index contributed by atoms with van der Waals surface area (Å²) in [5.74, 6) is -0.228. The Morgan fingerprint density at radius 1 is 1.56 bits per heavy atom. The molecule has 0 atom stereocenters. The van der Waals surface area contributed by atoms with Crippen LogP contribution in [0.1, 0.15) is 35.8 Å². The fourth-order valence-electron chi connectivity index (χ4n) is 1.83. The van der Waals surface area contributed by atoms with Gasteiger partial charge < -0.3 is 10.4 Å². The number of carboxylic acids is 1. The van der Waals surface area contributed by atoms with E-state index in [4.69, 9.17) is 5.11 Å². The Balaban J connectivity index is 2.11. The standard InChI is InChI=1S/C13H18N2O2S/c1-3-10-6-9(12(16)17)7-11(15-10)14-8-13(18-2)4-5-13/h6-7H,3-5,8H2,1-2H3,(H,14,15)(H,16,17). The number of hydrogen-bond donors (Lipinski definition) is 2. The predicted molar refractivity (Wildman–Crippen MR) is 74.5 cm³/mol. The van der Waals surface area contributed by atoms with Crippen molar-refractivity contribution < 1.29 is 9.90 Å². The summed E-state index contributed by atoms with van der Waals surface area (Å²) >= 11 is 1.87. The van der Waals surface area contributed by atoms with Gasteiger partial charge in [0.1, 0.15) is 5.82 Å². The van der Waals surface area contributed by atoms with Crippen LogP contribution >= 0.6 is 11.8 Å². The summed E-state index contributed by atoms with van der Waals surface area (Å²) in [6.45, 7) is 2.83. The normalized spacial score (nSPS) is 16.3. The number of pyridine rings is 1. The molecule has 1 aliphatic rings. The summed E-state index contributed by atoms with van der Waals surface area (Å²) < 4.78 is 0.341. The first kappa shape index (κ1) is 13.2. The minimum absolute atomic E-state index is 0.304. The molecule has 1 fully saturated rings. The maximum absolute atomic E-state index is 11.0. The van der Waals surface area contributed by atoms with Gasteiger partial charge in [0.25, 0.3) is 0 Å². The van der Waals surface area contributed by atoms with Crippen LogP contribution in [-0.2, 0) is 6.42 Å². The van der Waals surface area contributed by atoms with Crippen LogP contribution in [0.3, 0.4) is 0 Å². The van der Waals surface area contributed by atoms with Gasteiger partial charge in [-0.05, 0) is 37.7 Å². The molecule has 0 radical (unpaired) electrons. The zero-order chi connectivity index (χ0) is 13.2. The maximum Gasteiger partial charge on any atom is 0.335 e. The number of carboxylic acid groups (broad SMARTS) is 1. The summed E-state index contributed by atoms with van der Waals surface area (Å²) in [6.07, 6.45) is 5.30. The Morgan fingerprint density at radius 3 is 2.78 bits per heavy atom. The van der Waals surface area contributed by atoms with E-state index >= 15 is 0 Å². The van der Waals surface area contributed by atoms with E-state index in [1.807, 2.05) is 18.7 Å². The summed E-state index contributed by atoms with van der Waals surface area (Å²) in [6, 6.07) is 3.24. The predicted octanol–water partition coefficient (Wildman–Crippen LogP) is 2.65. The molecule has 0 saturated heterocycles. The lowest BCUT2D eigenvalue weighted by Gasteiger charge is -2.14. The molecule has 0 unspecified atom stereocenters. The Kier molecular flexibility index (Phi) is 3.80. The van der Waals surface area contributed by atoms with Crippen molar-refractivity contribution in [3.63, 3.8) is 0 Å². The highest BCUT2D eigenvalue weighted by Gasteiger charge is 2.41. The third-order valence-corrected chi connectivity index (χ3v) is 4.74. The number of hydrogen-bond acceptors (Lipinski definition) is 4. The number of rotatable bonds is 6. The maximum atomic E-state index is 11.0. The van der Waals surface area contributed by atoms with E-state index in [0.29, 0.717) is 16.1 Å². The minimum Gasteiger partial charge on any atom is -0.478 e. The van der Waals surface area contributed by atoms with Crippen molar-refractivity contribution in [2.24, 2.45) is 0 Å². The van der Waals surface area contributed by atoms with Crippen LogP contribution in [0.15, 0.2) is 12.1 Å². The van der Waals surface area contributed by atoms with Crippen molar-refractivity contribution in [1.82, 2.24) is 4.98 Å². The molecule has 2 N–H and O–H groups in total. The molecule has 0 spiro atoms. The number of nitrogens with zero attached hydrogens (tertiary/aromatic N) is 1. The summed E-state index contributed by atoms with van der Waals surface area (Å²) in [5.41, 5.74) is 1.12. The van der Waals surface area contributed by atoms with E-state index < -0.39 is 5.97 Å². The van der Waals surface area contributed by atoms with Crippen molar-refractivity contribution in [2.45, 2.75) is 30.9 Å². The monoisotopic (exact) mass is 266 g/mol. The Hall–Kier alpha value is -1.23. The van der Waals surface area contributed by atoms with Gasteiger partial charge in [0.15, 0.2) is 0 Å². The van der Waals surface area contributed by atoms with Gasteiger partial charge in [0.2, 0.25) is 0 Å². The van der Waals surface area contributed by atoms with Gasteiger partial charge in [-0.25, -0.2) is 9.78 Å². The molecule has 1 aromatic rings. The molecule has 0 amide bonds. The molecule has 1 aliphatic carbocycles. The lowest BCUT2D eigenvalue weighted by atomic mass is 10.2. The number of nitrogens with one attached hydrogen (secondary N) is 1. The van der Waals surface area contributed by atoms with Crippen LogP contribution in [0.25, 0.3) is 0 Å². The van der Waals surface area contributed by atoms with E-state index in [1.54, 1.807) is 12.1 Å². The zero-order valence-electron chi connectivity index (χ0n) is 10.7. The molecular formula is C13H18N2O2S. The first-order valence-electron chi connectivity index (χ1n) is 6.12. The van der Waals surface area contributed by atoms with Gasteiger partial charge in [-0.1, -0.05) is 6.92 Å². The first-order valence-corrected chi connectivity index (χ1v) is 7.34. The third-order valence-electron chi connectivity index (χ3n) is 3.32. The highest BCUT2D eigenvalue weighted by atomic mass is 32.2. The molecule has 2 rings (SSSR count). The zero-order valence-corrected chi connectivity index (χ0v) is 11.5. The molecule has 0 aromatic carbocycles. The SMILES string of the molecule is CCc1cc(C(=O)O)cc(NCC2(SC)CC2)n1. The van der Waals surface area contributed by atoms with Crippen molar-refractivity contribution in [2.75, 3.05) is 18.1 Å². The number of aryl methyl sites for hydroxylation is 1. The Morgan fingerprint density at radius 2 is 2.28 bits per heavy atom. The van der Waals surface area contributed by atoms with E-state index in [0.717, 1.165) is 18.7 Å². The molecule has 18 heavy (non-hydrogen) atoms. The van der Waals surface area contributed by atoms with Crippen LogP contribution in [0, 0.1) is 0 Å². The van der Waals surface area contributed by atoms with Gasteiger partial charge in [-0.15, -0.1) is 0 Å². The van der Waals surface area contributed by atoms with Crippen molar-refractivity contribution in [3.8, 4) is 0 Å². The highest BCUT2D eigenvalue weighted by molar-refractivity contribution is 8.00. The van der Waals surface area contributed by atoms with Crippen LogP contribution in [0.5, 0.6) is 0 Å². The van der Waals surface area contributed by atoms with E-state index in [9.17, 15) is 4.79 Å². The molecular weight excluding hydrogens is 248 g/mol. The quantitative estimate of drug-likeness (QED) is 0.829. The Labute approximate surface area is 111 Å². The number of aromatic carboxylic acids is 1. The average molecular weight is 266 g/mol. The second-order valence-electron chi connectivity index (χ2n) is 4.63. The fourth-order valence-corrected chi connectivity index (χ4v) is 2.55. The minimum atomic E-state index is -0.902. The second-order valence-corrected chi connectivity index (χ2v) is 5.91. The van der Waals surface area contributed by atoms with E-state index in [-0.39, 0.29) is 0 Å². The van der Waals surface area contributed by atoms with Crippen molar-refractivity contribution >= 4 is 23.5 Å². The van der Waals surface area contributed by atoms with Crippen LogP contribution in [0.2, 0.25) is 0 Å². The fraction of sp³-hybridized carbons (Fsp3) is 0.538. The van der Waals surface area contributed by atoms with Gasteiger partial charge in [-0.2, -0.15) is 11.8 Å². The van der Waals surface area contributed by atoms with Gasteiger partial charge >= 0.3 is 5.97 Å².